The van der Waals surface area contributed by atoms with Crippen LogP contribution in [-0.4, -0.2) is 55.7 Å². The molecule has 0 aliphatic heterocycles. The number of ether oxygens (including phenoxy) is 1. The number of carbonyl (C=O) groups is 4. The molecule has 0 rings (SSSR count). The maximum absolute atomic E-state index is 11.5. The molecule has 9 heteroatoms. The van der Waals surface area contributed by atoms with E-state index < -0.39 is 23.8 Å². The number of aliphatic carboxylic acids is 1. The number of nitrogens with one attached hydrogen (secondary N) is 3. The molecule has 0 atom stereocenters. The predicted molar refractivity (Wildman–Crippen MR) is 72.4 cm³/mol. The van der Waals surface area contributed by atoms with Crippen LogP contribution in [0.15, 0.2) is 11.1 Å². The van der Waals surface area contributed by atoms with Crippen molar-refractivity contribution in [1.29, 1.82) is 0 Å². The molecule has 0 spiro atoms. The Hall–Kier alpha value is -2.42. The van der Waals surface area contributed by atoms with Gasteiger partial charge in [0.25, 0.3) is 5.91 Å². The number of hydrogen-bond acceptors (Lipinski definition) is 5. The minimum Gasteiger partial charge on any atom is -0.478 e. The summed E-state index contributed by atoms with van der Waals surface area (Å²) in [6.45, 7) is 2.86. The van der Waals surface area contributed by atoms with E-state index in [2.05, 4.69) is 10.6 Å². The Bertz CT molecular complexity index is 458. The number of hydrogen-bond donors (Lipinski definition) is 4. The lowest BCUT2D eigenvalue weighted by Crippen LogP contribution is -2.45. The molecule has 0 aliphatic carbocycles. The van der Waals surface area contributed by atoms with Crippen LogP contribution in [-0.2, 0) is 19.1 Å². The van der Waals surface area contributed by atoms with Gasteiger partial charge in [-0.05, 0) is 13.8 Å². The molecular weight excluding hydrogens is 282 g/mol. The Kier molecular flexibility index (Phi) is 8.39. The first-order valence-corrected chi connectivity index (χ1v) is 6.05. The van der Waals surface area contributed by atoms with Crippen LogP contribution in [0.1, 0.15) is 13.8 Å². The van der Waals surface area contributed by atoms with Crippen LogP contribution in [0.25, 0.3) is 0 Å². The summed E-state index contributed by atoms with van der Waals surface area (Å²) in [5.41, 5.74) is -0.264. The Morgan fingerprint density at radius 1 is 1.05 bits per heavy atom. The Morgan fingerprint density at radius 3 is 2.19 bits per heavy atom. The summed E-state index contributed by atoms with van der Waals surface area (Å²) >= 11 is 0. The van der Waals surface area contributed by atoms with Crippen molar-refractivity contribution in [2.45, 2.75) is 13.8 Å². The molecule has 4 amide bonds. The first kappa shape index (κ1) is 18.6. The molecule has 4 N–H and O–H groups in total. The Morgan fingerprint density at radius 2 is 1.67 bits per heavy atom. The standard InChI is InChI=1S/C12H19N3O6/c1-7(8(2)11(18)19)10(17)15-12(20)14-6-9(16)13-4-5-21-3/h4-6H2,1-3H3,(H,13,16)(H,18,19)(H2,14,15,17,20). The van der Waals surface area contributed by atoms with Crippen molar-refractivity contribution in [3.63, 3.8) is 0 Å². The average Bonchev–Trinajstić information content (AvgIpc) is 2.43. The second-order valence-corrected chi connectivity index (χ2v) is 4.03. The molecule has 118 valence electrons. The highest BCUT2D eigenvalue weighted by Crippen LogP contribution is 2.02. The van der Waals surface area contributed by atoms with Crippen LogP contribution >= 0.6 is 0 Å². The van der Waals surface area contributed by atoms with Crippen LogP contribution in [0.2, 0.25) is 0 Å². The second kappa shape index (κ2) is 9.48. The first-order chi connectivity index (χ1) is 9.79. The Balaban J connectivity index is 4.21. The number of amides is 4. The van der Waals surface area contributed by atoms with Gasteiger partial charge in [-0.15, -0.1) is 0 Å². The highest BCUT2D eigenvalue weighted by Gasteiger charge is 2.15. The van der Waals surface area contributed by atoms with Crippen LogP contribution in [0.3, 0.4) is 0 Å². The molecule has 0 aromatic rings. The molecule has 0 heterocycles. The zero-order valence-electron chi connectivity index (χ0n) is 12.1. The quantitative estimate of drug-likeness (QED) is 0.352. The number of imide groups is 1. The minimum absolute atomic E-state index is 0.0952. The fourth-order valence-electron chi connectivity index (χ4n) is 1.09. The third-order valence-corrected chi connectivity index (χ3v) is 2.49. The van der Waals surface area contributed by atoms with E-state index in [1.165, 1.54) is 21.0 Å². The van der Waals surface area contributed by atoms with Crippen molar-refractivity contribution in [2.24, 2.45) is 0 Å². The predicted octanol–water partition coefficient (Wildman–Crippen LogP) is -1.00. The fraction of sp³-hybridized carbons (Fsp3) is 0.500. The van der Waals surface area contributed by atoms with E-state index in [1.54, 1.807) is 0 Å². The average molecular weight is 301 g/mol. The number of methoxy groups -OCH3 is 1. The van der Waals surface area contributed by atoms with Gasteiger partial charge in [0.05, 0.1) is 13.2 Å². The van der Waals surface area contributed by atoms with E-state index in [-0.39, 0.29) is 17.7 Å². The smallest absolute Gasteiger partial charge is 0.331 e. The molecular formula is C12H19N3O6. The molecule has 0 radical (unpaired) electrons. The summed E-state index contributed by atoms with van der Waals surface area (Å²) in [5.74, 6) is -2.53. The van der Waals surface area contributed by atoms with E-state index >= 15 is 0 Å². The molecule has 0 saturated heterocycles. The summed E-state index contributed by atoms with van der Waals surface area (Å²) in [4.78, 5) is 44.8. The monoisotopic (exact) mass is 301 g/mol. The third-order valence-electron chi connectivity index (χ3n) is 2.49. The van der Waals surface area contributed by atoms with Crippen molar-refractivity contribution >= 4 is 23.8 Å². The SMILES string of the molecule is COCCNC(=O)CNC(=O)NC(=O)C(C)=C(C)C(=O)O. The summed E-state index contributed by atoms with van der Waals surface area (Å²) in [5, 5.41) is 15.3. The molecule has 0 aromatic carbocycles. The molecule has 0 saturated carbocycles. The van der Waals surface area contributed by atoms with Crippen molar-refractivity contribution in [3.8, 4) is 0 Å². The van der Waals surface area contributed by atoms with Crippen molar-refractivity contribution in [1.82, 2.24) is 16.0 Å². The van der Waals surface area contributed by atoms with Gasteiger partial charge in [0.1, 0.15) is 0 Å². The van der Waals surface area contributed by atoms with Gasteiger partial charge in [-0.2, -0.15) is 0 Å². The number of rotatable bonds is 7. The van der Waals surface area contributed by atoms with Gasteiger partial charge in [0.15, 0.2) is 0 Å². The van der Waals surface area contributed by atoms with Crippen molar-refractivity contribution in [2.75, 3.05) is 26.8 Å². The molecule has 21 heavy (non-hydrogen) atoms. The highest BCUT2D eigenvalue weighted by atomic mass is 16.5. The normalized spacial score (nSPS) is 11.2. The first-order valence-electron chi connectivity index (χ1n) is 6.05. The van der Waals surface area contributed by atoms with E-state index in [9.17, 15) is 19.2 Å². The van der Waals surface area contributed by atoms with Gasteiger partial charge in [0, 0.05) is 24.8 Å². The Labute approximate surface area is 121 Å². The maximum atomic E-state index is 11.5. The number of carboxylic acid groups (broad SMARTS) is 1. The fourth-order valence-corrected chi connectivity index (χ4v) is 1.09. The summed E-state index contributed by atoms with van der Waals surface area (Å²) in [6.07, 6.45) is 0. The molecule has 0 unspecified atom stereocenters. The number of urea groups is 1. The van der Waals surface area contributed by atoms with Crippen LogP contribution in [0, 0.1) is 0 Å². The molecule has 0 fully saturated rings. The van der Waals surface area contributed by atoms with Crippen molar-refractivity contribution in [3.05, 3.63) is 11.1 Å². The van der Waals surface area contributed by atoms with Gasteiger partial charge in [-0.1, -0.05) is 0 Å². The van der Waals surface area contributed by atoms with Gasteiger partial charge in [0.2, 0.25) is 5.91 Å². The van der Waals surface area contributed by atoms with Gasteiger partial charge < -0.3 is 20.5 Å². The molecule has 0 bridgehead atoms. The second-order valence-electron chi connectivity index (χ2n) is 4.03. The lowest BCUT2D eigenvalue weighted by atomic mass is 10.1. The minimum atomic E-state index is -1.25. The lowest BCUT2D eigenvalue weighted by molar-refractivity contribution is -0.133. The number of carboxylic acids is 1. The molecule has 0 aliphatic rings. The van der Waals surface area contributed by atoms with Crippen LogP contribution in [0.4, 0.5) is 4.79 Å². The van der Waals surface area contributed by atoms with Gasteiger partial charge >= 0.3 is 12.0 Å². The van der Waals surface area contributed by atoms with E-state index in [0.29, 0.717) is 13.2 Å². The summed E-state index contributed by atoms with van der Waals surface area (Å²) < 4.78 is 4.73. The number of carbonyl (C=O) groups excluding carboxylic acids is 3. The highest BCUT2D eigenvalue weighted by molar-refractivity contribution is 6.07. The largest absolute Gasteiger partial charge is 0.478 e. The molecule has 0 aromatic heterocycles. The summed E-state index contributed by atoms with van der Waals surface area (Å²) in [7, 11) is 1.48. The van der Waals surface area contributed by atoms with E-state index in [4.69, 9.17) is 9.84 Å². The topological polar surface area (TPSA) is 134 Å². The third kappa shape index (κ3) is 7.67. The summed E-state index contributed by atoms with van der Waals surface area (Å²) in [6, 6.07) is -0.889. The lowest BCUT2D eigenvalue weighted by Gasteiger charge is -2.08. The molecule has 9 nitrogen and oxygen atoms in total. The zero-order valence-corrected chi connectivity index (χ0v) is 12.1. The van der Waals surface area contributed by atoms with Gasteiger partial charge in [-0.25, -0.2) is 9.59 Å². The van der Waals surface area contributed by atoms with Crippen molar-refractivity contribution < 1.29 is 29.0 Å². The van der Waals surface area contributed by atoms with Crippen LogP contribution < -0.4 is 16.0 Å². The van der Waals surface area contributed by atoms with E-state index in [1.807, 2.05) is 5.32 Å². The zero-order chi connectivity index (χ0) is 16.4. The van der Waals surface area contributed by atoms with Gasteiger partial charge in [-0.3, -0.25) is 14.9 Å². The van der Waals surface area contributed by atoms with E-state index in [0.717, 1.165) is 0 Å². The maximum Gasteiger partial charge on any atom is 0.331 e. The van der Waals surface area contributed by atoms with Crippen LogP contribution in [0.5, 0.6) is 0 Å².